The van der Waals surface area contributed by atoms with Crippen LogP contribution < -0.4 is 4.90 Å². The lowest BCUT2D eigenvalue weighted by molar-refractivity contribution is 0.101. The monoisotopic (exact) mass is 246 g/mol. The first-order chi connectivity index (χ1) is 8.68. The van der Waals surface area contributed by atoms with Crippen LogP contribution in [0.15, 0.2) is 18.3 Å². The number of rotatable bonds is 3. The molecule has 0 atom stereocenters. The third-order valence-electron chi connectivity index (χ3n) is 3.89. The van der Waals surface area contributed by atoms with E-state index in [2.05, 4.69) is 16.9 Å². The molecule has 0 saturated heterocycles. The molecule has 1 aliphatic rings. The van der Waals surface area contributed by atoms with Crippen LogP contribution in [0.2, 0.25) is 0 Å². The Balaban J connectivity index is 2.13. The number of aromatic nitrogens is 1. The lowest BCUT2D eigenvalue weighted by Crippen LogP contribution is -2.31. The predicted molar refractivity (Wildman–Crippen MR) is 74.1 cm³/mol. The fourth-order valence-electron chi connectivity index (χ4n) is 2.66. The Hall–Kier alpha value is -1.38. The van der Waals surface area contributed by atoms with Crippen molar-refractivity contribution in [1.29, 1.82) is 0 Å². The summed E-state index contributed by atoms with van der Waals surface area (Å²) in [4.78, 5) is 18.1. The molecule has 1 heterocycles. The van der Waals surface area contributed by atoms with E-state index in [4.69, 9.17) is 0 Å². The van der Waals surface area contributed by atoms with Crippen LogP contribution in [-0.4, -0.2) is 23.9 Å². The Kier molecular flexibility index (Phi) is 4.34. The van der Waals surface area contributed by atoms with E-state index in [0.717, 1.165) is 11.4 Å². The van der Waals surface area contributed by atoms with E-state index in [0.29, 0.717) is 6.04 Å². The molecular formula is C15H22N2O. The van der Waals surface area contributed by atoms with Crippen molar-refractivity contribution in [2.75, 3.05) is 11.9 Å². The summed E-state index contributed by atoms with van der Waals surface area (Å²) in [6.45, 7) is 1.60. The second kappa shape index (κ2) is 5.98. The lowest BCUT2D eigenvalue weighted by atomic mass is 10.1. The molecule has 3 heteroatoms. The Morgan fingerprint density at radius 1 is 1.28 bits per heavy atom. The number of carbonyl (C=O) groups excluding carboxylic acids is 1. The number of ketones is 1. The number of pyridine rings is 1. The molecule has 0 bridgehead atoms. The molecule has 0 radical (unpaired) electrons. The van der Waals surface area contributed by atoms with Gasteiger partial charge in [0.05, 0.1) is 0 Å². The second-order valence-corrected chi connectivity index (χ2v) is 5.22. The molecule has 0 aromatic carbocycles. The number of hydrogen-bond donors (Lipinski definition) is 0. The van der Waals surface area contributed by atoms with E-state index in [1.54, 1.807) is 19.2 Å². The first-order valence-electron chi connectivity index (χ1n) is 6.88. The van der Waals surface area contributed by atoms with Gasteiger partial charge in [0.2, 0.25) is 0 Å². The Morgan fingerprint density at radius 3 is 2.56 bits per heavy atom. The van der Waals surface area contributed by atoms with Crippen molar-refractivity contribution < 1.29 is 4.79 Å². The maximum Gasteiger partial charge on any atom is 0.159 e. The lowest BCUT2D eigenvalue weighted by Gasteiger charge is -2.28. The van der Waals surface area contributed by atoms with Gasteiger partial charge in [-0.1, -0.05) is 25.7 Å². The van der Waals surface area contributed by atoms with E-state index in [-0.39, 0.29) is 5.78 Å². The molecule has 1 fully saturated rings. The molecule has 18 heavy (non-hydrogen) atoms. The minimum atomic E-state index is 0.105. The molecular weight excluding hydrogens is 224 g/mol. The van der Waals surface area contributed by atoms with Gasteiger partial charge in [0.25, 0.3) is 0 Å². The maximum absolute atomic E-state index is 11.4. The first-order valence-corrected chi connectivity index (χ1v) is 6.88. The molecule has 1 aromatic rings. The van der Waals surface area contributed by atoms with Crippen molar-refractivity contribution in [3.05, 3.63) is 23.9 Å². The molecule has 1 saturated carbocycles. The van der Waals surface area contributed by atoms with E-state index in [9.17, 15) is 4.79 Å². The average Bonchev–Trinajstić information content (AvgIpc) is 2.67. The number of Topliss-reactive ketones (excluding diaryl/α,β-unsaturated/α-hetero) is 1. The van der Waals surface area contributed by atoms with Crippen LogP contribution in [0.4, 0.5) is 5.82 Å². The largest absolute Gasteiger partial charge is 0.357 e. The van der Waals surface area contributed by atoms with Gasteiger partial charge in [-0.05, 0) is 31.9 Å². The van der Waals surface area contributed by atoms with Gasteiger partial charge >= 0.3 is 0 Å². The Labute approximate surface area is 109 Å². The van der Waals surface area contributed by atoms with Crippen molar-refractivity contribution in [1.82, 2.24) is 4.98 Å². The van der Waals surface area contributed by atoms with Gasteiger partial charge in [-0.15, -0.1) is 0 Å². The molecule has 1 aromatic heterocycles. The predicted octanol–water partition coefficient (Wildman–Crippen LogP) is 3.44. The van der Waals surface area contributed by atoms with Crippen molar-refractivity contribution >= 4 is 11.6 Å². The van der Waals surface area contributed by atoms with Gasteiger partial charge in [0, 0.05) is 24.8 Å². The Bertz CT molecular complexity index is 409. The van der Waals surface area contributed by atoms with Crippen LogP contribution in [0.5, 0.6) is 0 Å². The summed E-state index contributed by atoms with van der Waals surface area (Å²) in [5.41, 5.74) is 0.750. The zero-order valence-electron chi connectivity index (χ0n) is 11.4. The van der Waals surface area contributed by atoms with Crippen molar-refractivity contribution in [2.24, 2.45) is 0 Å². The van der Waals surface area contributed by atoms with Crippen LogP contribution >= 0.6 is 0 Å². The van der Waals surface area contributed by atoms with Crippen LogP contribution in [0, 0.1) is 0 Å². The number of carbonyl (C=O) groups is 1. The highest BCUT2D eigenvalue weighted by molar-refractivity contribution is 5.94. The number of anilines is 1. The molecule has 2 rings (SSSR count). The van der Waals surface area contributed by atoms with Crippen LogP contribution in [-0.2, 0) is 0 Å². The molecule has 0 spiro atoms. The zero-order chi connectivity index (χ0) is 13.0. The molecule has 0 unspecified atom stereocenters. The quantitative estimate of drug-likeness (QED) is 0.605. The van der Waals surface area contributed by atoms with Gasteiger partial charge in [-0.3, -0.25) is 4.79 Å². The normalized spacial score (nSPS) is 17.2. The molecule has 1 aliphatic carbocycles. The van der Waals surface area contributed by atoms with Crippen molar-refractivity contribution in [3.8, 4) is 0 Å². The molecule has 0 N–H and O–H groups in total. The third-order valence-corrected chi connectivity index (χ3v) is 3.89. The summed E-state index contributed by atoms with van der Waals surface area (Å²) in [7, 11) is 2.10. The van der Waals surface area contributed by atoms with Crippen molar-refractivity contribution in [3.63, 3.8) is 0 Å². The van der Waals surface area contributed by atoms with Gasteiger partial charge in [-0.25, -0.2) is 4.98 Å². The second-order valence-electron chi connectivity index (χ2n) is 5.22. The third kappa shape index (κ3) is 3.09. The summed E-state index contributed by atoms with van der Waals surface area (Å²) in [5.74, 6) is 1.03. The Morgan fingerprint density at radius 2 is 1.94 bits per heavy atom. The molecule has 3 nitrogen and oxygen atoms in total. The molecule has 0 aliphatic heterocycles. The highest BCUT2D eigenvalue weighted by Crippen LogP contribution is 2.24. The van der Waals surface area contributed by atoms with Crippen LogP contribution in [0.25, 0.3) is 0 Å². The zero-order valence-corrected chi connectivity index (χ0v) is 11.4. The molecule has 0 amide bonds. The summed E-state index contributed by atoms with van der Waals surface area (Å²) in [5, 5.41) is 0. The maximum atomic E-state index is 11.4. The SMILES string of the molecule is CC(=O)c1ccnc(N(C)C2CCCCCC2)c1. The highest BCUT2D eigenvalue weighted by atomic mass is 16.1. The van der Waals surface area contributed by atoms with Crippen LogP contribution in [0.1, 0.15) is 55.8 Å². The van der Waals surface area contributed by atoms with Gasteiger partial charge in [0.1, 0.15) is 5.82 Å². The summed E-state index contributed by atoms with van der Waals surface area (Å²) in [6.07, 6.45) is 9.53. The van der Waals surface area contributed by atoms with Crippen molar-refractivity contribution in [2.45, 2.75) is 51.5 Å². The standard InChI is InChI=1S/C15H22N2O/c1-12(18)13-9-10-16-15(11-13)17(2)14-7-5-3-4-6-8-14/h9-11,14H,3-8H2,1-2H3. The highest BCUT2D eigenvalue weighted by Gasteiger charge is 2.18. The van der Waals surface area contributed by atoms with E-state index >= 15 is 0 Å². The van der Waals surface area contributed by atoms with E-state index in [1.165, 1.54) is 38.5 Å². The number of nitrogens with zero attached hydrogens (tertiary/aromatic N) is 2. The minimum Gasteiger partial charge on any atom is -0.357 e. The molecule has 98 valence electrons. The fourth-order valence-corrected chi connectivity index (χ4v) is 2.66. The summed E-state index contributed by atoms with van der Waals surface area (Å²) >= 11 is 0. The first kappa shape index (κ1) is 13.1. The van der Waals surface area contributed by atoms with E-state index < -0.39 is 0 Å². The average molecular weight is 246 g/mol. The van der Waals surface area contributed by atoms with Gasteiger partial charge < -0.3 is 4.90 Å². The smallest absolute Gasteiger partial charge is 0.159 e. The summed E-state index contributed by atoms with van der Waals surface area (Å²) in [6, 6.07) is 4.27. The fraction of sp³-hybridized carbons (Fsp3) is 0.600. The number of hydrogen-bond acceptors (Lipinski definition) is 3. The topological polar surface area (TPSA) is 33.2 Å². The van der Waals surface area contributed by atoms with Gasteiger partial charge in [0.15, 0.2) is 5.78 Å². The van der Waals surface area contributed by atoms with Gasteiger partial charge in [-0.2, -0.15) is 0 Å². The van der Waals surface area contributed by atoms with E-state index in [1.807, 2.05) is 6.07 Å². The van der Waals surface area contributed by atoms with Crippen LogP contribution in [0.3, 0.4) is 0 Å². The summed E-state index contributed by atoms with van der Waals surface area (Å²) < 4.78 is 0. The minimum absolute atomic E-state index is 0.105.